The minimum Gasteiger partial charge on any atom is -0.407 e. The van der Waals surface area contributed by atoms with E-state index in [-0.39, 0.29) is 42.0 Å². The summed E-state index contributed by atoms with van der Waals surface area (Å²) in [6.07, 6.45) is 4.37. The fraction of sp³-hybridized carbons (Fsp3) is 0.609. The molecule has 0 saturated carbocycles. The molecule has 0 N–H and O–H groups in total. The van der Waals surface area contributed by atoms with Gasteiger partial charge in [-0.3, -0.25) is 24.3 Å². The molecule has 2 fully saturated rings. The maximum absolute atomic E-state index is 12.8. The van der Waals surface area contributed by atoms with Crippen LogP contribution in [0.4, 0.5) is 5.69 Å². The second-order valence-corrected chi connectivity index (χ2v) is 9.22. The van der Waals surface area contributed by atoms with E-state index in [9.17, 15) is 24.5 Å². The van der Waals surface area contributed by atoms with Crippen molar-refractivity contribution in [2.45, 2.75) is 52.0 Å². The number of nitro benzene ring substituents is 1. The number of non-ortho nitro benzene ring substituents is 1. The van der Waals surface area contributed by atoms with Crippen molar-refractivity contribution in [1.29, 1.82) is 0 Å². The summed E-state index contributed by atoms with van der Waals surface area (Å²) < 4.78 is 6.53. The van der Waals surface area contributed by atoms with Gasteiger partial charge in [-0.1, -0.05) is 6.92 Å². The number of aromatic nitrogens is 1. The molecular weight excluding hydrogens is 428 g/mol. The van der Waals surface area contributed by atoms with Crippen LogP contribution < -0.4 is 5.76 Å². The smallest absolute Gasteiger partial charge is 0.407 e. The molecule has 0 aliphatic carbocycles. The summed E-state index contributed by atoms with van der Waals surface area (Å²) >= 11 is 0. The minimum absolute atomic E-state index is 0.000668. The Hall–Kier alpha value is -3.17. The largest absolute Gasteiger partial charge is 0.419 e. The maximum atomic E-state index is 12.8. The van der Waals surface area contributed by atoms with Crippen molar-refractivity contribution in [3.8, 4) is 0 Å². The molecule has 178 valence electrons. The van der Waals surface area contributed by atoms with Crippen LogP contribution in [0.15, 0.2) is 27.4 Å². The van der Waals surface area contributed by atoms with Crippen molar-refractivity contribution in [3.05, 3.63) is 38.9 Å². The highest BCUT2D eigenvalue weighted by Gasteiger charge is 2.31. The van der Waals surface area contributed by atoms with Gasteiger partial charge in [-0.25, -0.2) is 4.79 Å². The minimum atomic E-state index is -0.593. The summed E-state index contributed by atoms with van der Waals surface area (Å²) in [6.45, 7) is 5.32. The molecule has 2 aliphatic heterocycles. The lowest BCUT2D eigenvalue weighted by molar-refractivity contribution is -0.384. The molecular formula is C23H30N4O6. The zero-order chi connectivity index (χ0) is 23.5. The molecule has 3 heterocycles. The number of carbonyl (C=O) groups excluding carboxylic acids is 2. The third-order valence-corrected chi connectivity index (χ3v) is 6.80. The standard InChI is InChI=1S/C23H30N4O6/c1-16-4-2-10-25(15-16)22(29)17-8-12-24(13-9-17)21(28)5-3-11-26-19-7-6-18(27(31)32)14-20(19)33-23(26)30/h6-7,14,16-17H,2-5,8-13,15H2,1H3. The Morgan fingerprint density at radius 3 is 2.61 bits per heavy atom. The Balaban J connectivity index is 1.26. The van der Waals surface area contributed by atoms with Crippen LogP contribution in [-0.4, -0.2) is 57.3 Å². The van der Waals surface area contributed by atoms with Crippen molar-refractivity contribution in [2.24, 2.45) is 11.8 Å². The number of piperidine rings is 2. The van der Waals surface area contributed by atoms with Gasteiger partial charge in [-0.05, 0) is 44.1 Å². The predicted molar refractivity (Wildman–Crippen MR) is 121 cm³/mol. The van der Waals surface area contributed by atoms with Crippen LogP contribution >= 0.6 is 0 Å². The van der Waals surface area contributed by atoms with Gasteiger partial charge in [-0.2, -0.15) is 0 Å². The first kappa shape index (κ1) is 23.0. The van der Waals surface area contributed by atoms with Crippen molar-refractivity contribution < 1.29 is 18.9 Å². The van der Waals surface area contributed by atoms with E-state index in [0.717, 1.165) is 19.5 Å². The molecule has 2 aliphatic rings. The van der Waals surface area contributed by atoms with Gasteiger partial charge in [0, 0.05) is 51.1 Å². The average molecular weight is 459 g/mol. The Morgan fingerprint density at radius 2 is 1.91 bits per heavy atom. The molecule has 4 rings (SSSR count). The molecule has 10 heteroatoms. The summed E-state index contributed by atoms with van der Waals surface area (Å²) in [7, 11) is 0. The second-order valence-electron chi connectivity index (χ2n) is 9.22. The van der Waals surface area contributed by atoms with E-state index in [1.807, 2.05) is 9.80 Å². The first-order chi connectivity index (χ1) is 15.8. The van der Waals surface area contributed by atoms with Crippen molar-refractivity contribution >= 4 is 28.6 Å². The number of nitro groups is 1. The molecule has 2 aromatic rings. The van der Waals surface area contributed by atoms with E-state index in [1.165, 1.54) is 29.2 Å². The Kier molecular flexibility index (Phi) is 6.80. The Morgan fingerprint density at radius 1 is 1.15 bits per heavy atom. The fourth-order valence-electron chi connectivity index (χ4n) is 4.95. The van der Waals surface area contributed by atoms with E-state index in [0.29, 0.717) is 43.8 Å². The molecule has 33 heavy (non-hydrogen) atoms. The van der Waals surface area contributed by atoms with Gasteiger partial charge >= 0.3 is 5.76 Å². The molecule has 2 amide bonds. The number of benzene rings is 1. The molecule has 2 saturated heterocycles. The quantitative estimate of drug-likeness (QED) is 0.485. The maximum Gasteiger partial charge on any atom is 0.419 e. The van der Waals surface area contributed by atoms with Crippen LogP contribution in [0, 0.1) is 22.0 Å². The van der Waals surface area contributed by atoms with Crippen LogP contribution in [0.5, 0.6) is 0 Å². The van der Waals surface area contributed by atoms with Gasteiger partial charge < -0.3 is 14.2 Å². The van der Waals surface area contributed by atoms with E-state index in [1.54, 1.807) is 0 Å². The van der Waals surface area contributed by atoms with Crippen molar-refractivity contribution in [3.63, 3.8) is 0 Å². The predicted octanol–water partition coefficient (Wildman–Crippen LogP) is 2.78. The summed E-state index contributed by atoms with van der Waals surface area (Å²) in [5.41, 5.74) is 0.495. The molecule has 0 spiro atoms. The lowest BCUT2D eigenvalue weighted by atomic mass is 9.92. The van der Waals surface area contributed by atoms with Gasteiger partial charge in [-0.15, -0.1) is 0 Å². The number of likely N-dealkylation sites (tertiary alicyclic amines) is 2. The third-order valence-electron chi connectivity index (χ3n) is 6.80. The number of nitrogens with zero attached hydrogens (tertiary/aromatic N) is 4. The first-order valence-electron chi connectivity index (χ1n) is 11.7. The Labute approximate surface area is 191 Å². The lowest BCUT2D eigenvalue weighted by Crippen LogP contribution is -2.47. The average Bonchev–Trinajstić information content (AvgIpc) is 3.12. The number of rotatable bonds is 6. The van der Waals surface area contributed by atoms with E-state index in [2.05, 4.69) is 6.92 Å². The highest BCUT2D eigenvalue weighted by Crippen LogP contribution is 2.24. The number of amides is 2. The second kappa shape index (κ2) is 9.76. The SMILES string of the molecule is CC1CCCN(C(=O)C2CCN(C(=O)CCCn3c(=O)oc4cc([N+](=O)[O-])ccc43)CC2)C1. The fourth-order valence-corrected chi connectivity index (χ4v) is 4.95. The van der Waals surface area contributed by atoms with Gasteiger partial charge in [0.2, 0.25) is 11.8 Å². The summed E-state index contributed by atoms with van der Waals surface area (Å²) in [6, 6.07) is 4.05. The summed E-state index contributed by atoms with van der Waals surface area (Å²) in [5.74, 6) is 0.215. The highest BCUT2D eigenvalue weighted by atomic mass is 16.6. The van der Waals surface area contributed by atoms with Crippen molar-refractivity contribution in [2.75, 3.05) is 26.2 Å². The normalized spacial score (nSPS) is 19.7. The van der Waals surface area contributed by atoms with E-state index < -0.39 is 10.7 Å². The van der Waals surface area contributed by atoms with E-state index in [4.69, 9.17) is 4.42 Å². The first-order valence-corrected chi connectivity index (χ1v) is 11.7. The molecule has 10 nitrogen and oxygen atoms in total. The van der Waals surface area contributed by atoms with Gasteiger partial charge in [0.05, 0.1) is 16.5 Å². The van der Waals surface area contributed by atoms with Crippen LogP contribution in [0.2, 0.25) is 0 Å². The van der Waals surface area contributed by atoms with Gasteiger partial charge in [0.25, 0.3) is 5.69 Å². The number of aryl methyl sites for hydroxylation is 1. The number of fused-ring (bicyclic) bond motifs is 1. The zero-order valence-electron chi connectivity index (χ0n) is 18.9. The van der Waals surface area contributed by atoms with Crippen LogP contribution in [0.1, 0.15) is 45.4 Å². The highest BCUT2D eigenvalue weighted by molar-refractivity contribution is 5.80. The third kappa shape index (κ3) is 5.09. The van der Waals surface area contributed by atoms with Crippen LogP contribution in [0.3, 0.4) is 0 Å². The number of hydrogen-bond donors (Lipinski definition) is 0. The molecule has 0 radical (unpaired) electrons. The zero-order valence-corrected chi connectivity index (χ0v) is 18.9. The van der Waals surface area contributed by atoms with Gasteiger partial charge in [0.15, 0.2) is 5.58 Å². The van der Waals surface area contributed by atoms with Gasteiger partial charge in [0.1, 0.15) is 0 Å². The summed E-state index contributed by atoms with van der Waals surface area (Å²) in [4.78, 5) is 51.8. The summed E-state index contributed by atoms with van der Waals surface area (Å²) in [5, 5.41) is 10.9. The molecule has 1 unspecified atom stereocenters. The van der Waals surface area contributed by atoms with Crippen LogP contribution in [0.25, 0.3) is 11.1 Å². The number of hydrogen-bond acceptors (Lipinski definition) is 6. The molecule has 1 aromatic carbocycles. The van der Waals surface area contributed by atoms with Crippen LogP contribution in [-0.2, 0) is 16.1 Å². The topological polar surface area (TPSA) is 119 Å². The van der Waals surface area contributed by atoms with Crippen molar-refractivity contribution in [1.82, 2.24) is 14.4 Å². The number of oxazole rings is 1. The number of carbonyl (C=O) groups is 2. The monoisotopic (exact) mass is 458 g/mol. The lowest BCUT2D eigenvalue weighted by Gasteiger charge is -2.37. The molecule has 0 bridgehead atoms. The molecule has 1 aromatic heterocycles. The van der Waals surface area contributed by atoms with E-state index >= 15 is 0 Å². The Bertz CT molecular complexity index is 1100. The molecule has 1 atom stereocenters.